The van der Waals surface area contributed by atoms with Gasteiger partial charge < -0.3 is 4.74 Å². The Morgan fingerprint density at radius 2 is 1.61 bits per heavy atom. The molecule has 2 aromatic carbocycles. The first kappa shape index (κ1) is 22.0. The van der Waals surface area contributed by atoms with Gasteiger partial charge in [0.15, 0.2) is 0 Å². The average Bonchev–Trinajstić information content (AvgIpc) is 3.10. The molecule has 0 bridgehead atoms. The van der Waals surface area contributed by atoms with Crippen LogP contribution in [0.25, 0.3) is 11.1 Å². The van der Waals surface area contributed by atoms with Crippen LogP contribution in [0.3, 0.4) is 0 Å². The van der Waals surface area contributed by atoms with Crippen LogP contribution in [0, 0.1) is 6.92 Å². The van der Waals surface area contributed by atoms with Gasteiger partial charge in [-0.05, 0) is 80.1 Å². The van der Waals surface area contributed by atoms with Gasteiger partial charge in [0.25, 0.3) is 0 Å². The predicted octanol–water partition coefficient (Wildman–Crippen LogP) is 6.83. The summed E-state index contributed by atoms with van der Waals surface area (Å²) >= 11 is 0. The minimum atomic E-state index is 0.187. The molecule has 28 heavy (non-hydrogen) atoms. The normalized spacial score (nSPS) is 15.8. The van der Waals surface area contributed by atoms with E-state index in [1.54, 1.807) is 0 Å². The Morgan fingerprint density at radius 1 is 0.964 bits per heavy atom. The molecule has 1 atom stereocenters. The maximum Gasteiger partial charge on any atom is 0.122 e. The van der Waals surface area contributed by atoms with Gasteiger partial charge in [0.05, 0.1) is 11.8 Å². The van der Waals surface area contributed by atoms with Crippen molar-refractivity contribution in [3.63, 3.8) is 0 Å². The largest absolute Gasteiger partial charge is 0.491 e. The molecular weight excluding hydrogens is 344 g/mol. The van der Waals surface area contributed by atoms with Gasteiger partial charge in [-0.15, -0.1) is 0 Å². The zero-order valence-electron chi connectivity index (χ0n) is 18.7. The lowest BCUT2D eigenvalue weighted by molar-refractivity contribution is 0.241. The lowest BCUT2D eigenvalue weighted by atomic mass is 9.95. The minimum Gasteiger partial charge on any atom is -0.491 e. The predicted molar refractivity (Wildman–Crippen MR) is 122 cm³/mol. The molecule has 0 saturated heterocycles. The first-order valence-corrected chi connectivity index (χ1v) is 10.5. The van der Waals surface area contributed by atoms with Crippen LogP contribution >= 0.6 is 0 Å². The summed E-state index contributed by atoms with van der Waals surface area (Å²) in [6.07, 6.45) is 4.49. The molecule has 0 fully saturated rings. The number of rotatable bonds is 5. The Labute approximate surface area is 171 Å². The number of anilines is 1. The molecular formula is C25H36N2O. The zero-order chi connectivity index (χ0) is 20.8. The molecule has 3 nitrogen and oxygen atoms in total. The van der Waals surface area contributed by atoms with Crippen LogP contribution in [0.4, 0.5) is 5.69 Å². The number of aryl methyl sites for hydroxylation is 1. The first-order valence-electron chi connectivity index (χ1n) is 10.5. The molecule has 0 aromatic heterocycles. The fraction of sp³-hybridized carbons (Fsp3) is 0.440. The van der Waals surface area contributed by atoms with Crippen molar-refractivity contribution in [2.75, 3.05) is 5.01 Å². The summed E-state index contributed by atoms with van der Waals surface area (Å²) in [4.78, 5) is 0. The van der Waals surface area contributed by atoms with Crippen molar-refractivity contribution in [3.05, 3.63) is 59.8 Å². The number of hydrazine groups is 1. The van der Waals surface area contributed by atoms with Crippen LogP contribution in [0.5, 0.6) is 5.75 Å². The molecule has 0 radical (unpaired) electrons. The van der Waals surface area contributed by atoms with Crippen molar-refractivity contribution in [2.45, 2.75) is 73.5 Å². The van der Waals surface area contributed by atoms with Crippen LogP contribution in [0.15, 0.2) is 48.7 Å². The lowest BCUT2D eigenvalue weighted by Gasteiger charge is -2.24. The van der Waals surface area contributed by atoms with E-state index in [1.807, 2.05) is 13.8 Å². The van der Waals surface area contributed by atoms with E-state index in [4.69, 9.17) is 4.74 Å². The average molecular weight is 381 g/mol. The van der Waals surface area contributed by atoms with Gasteiger partial charge in [0.1, 0.15) is 5.75 Å². The van der Waals surface area contributed by atoms with Crippen LogP contribution in [-0.4, -0.2) is 12.1 Å². The van der Waals surface area contributed by atoms with Crippen molar-refractivity contribution < 1.29 is 4.74 Å². The van der Waals surface area contributed by atoms with E-state index in [0.717, 1.165) is 5.75 Å². The van der Waals surface area contributed by atoms with E-state index >= 15 is 0 Å². The molecule has 1 aliphatic heterocycles. The van der Waals surface area contributed by atoms with E-state index in [1.165, 1.54) is 27.9 Å². The monoisotopic (exact) mass is 380 g/mol. The van der Waals surface area contributed by atoms with Crippen molar-refractivity contribution >= 4 is 5.69 Å². The SMILES string of the molecule is CC.Cc1cc(-c2ccc(C(C)C)c(N3C=CC(C)N3)c2)ccc1OC(C)C. The Balaban J connectivity index is 0.00000136. The standard InChI is InChI=1S/C23H30N2O.C2H6/c1-15(2)21-9-7-20(14-22(21)25-12-11-18(6)24-25)19-8-10-23(17(5)13-19)26-16(3)4;1-2/h7-16,18,24H,1-6H3;1-2H3. The highest BCUT2D eigenvalue weighted by Crippen LogP contribution is 2.34. The second kappa shape index (κ2) is 9.79. The number of nitrogens with one attached hydrogen (secondary N) is 1. The molecule has 1 aliphatic rings. The molecule has 3 rings (SSSR count). The number of hydrogen-bond donors (Lipinski definition) is 1. The highest BCUT2D eigenvalue weighted by Gasteiger charge is 2.18. The number of ether oxygens (including phenoxy) is 1. The van der Waals surface area contributed by atoms with Crippen LogP contribution in [0.2, 0.25) is 0 Å². The van der Waals surface area contributed by atoms with Crippen molar-refractivity contribution in [1.29, 1.82) is 0 Å². The van der Waals surface area contributed by atoms with E-state index in [-0.39, 0.29) is 6.10 Å². The third kappa shape index (κ3) is 5.17. The molecule has 0 aliphatic carbocycles. The zero-order valence-corrected chi connectivity index (χ0v) is 18.7. The van der Waals surface area contributed by atoms with Crippen LogP contribution in [-0.2, 0) is 0 Å². The minimum absolute atomic E-state index is 0.187. The number of hydrogen-bond acceptors (Lipinski definition) is 3. The summed E-state index contributed by atoms with van der Waals surface area (Å²) in [5.41, 5.74) is 9.65. The number of benzene rings is 2. The van der Waals surface area contributed by atoms with E-state index in [9.17, 15) is 0 Å². The number of nitrogens with zero attached hydrogens (tertiary/aromatic N) is 1. The molecule has 0 amide bonds. The molecule has 1 unspecified atom stereocenters. The summed E-state index contributed by atoms with van der Waals surface area (Å²) in [6, 6.07) is 13.5. The summed E-state index contributed by atoms with van der Waals surface area (Å²) in [7, 11) is 0. The van der Waals surface area contributed by atoms with Gasteiger partial charge in [-0.3, -0.25) is 5.01 Å². The third-order valence-electron chi connectivity index (χ3n) is 4.65. The molecule has 2 aromatic rings. The Morgan fingerprint density at radius 3 is 2.14 bits per heavy atom. The summed E-state index contributed by atoms with van der Waals surface area (Å²) < 4.78 is 5.88. The van der Waals surface area contributed by atoms with E-state index < -0.39 is 0 Å². The third-order valence-corrected chi connectivity index (χ3v) is 4.65. The lowest BCUT2D eigenvalue weighted by Crippen LogP contribution is -2.34. The fourth-order valence-electron chi connectivity index (χ4n) is 3.31. The van der Waals surface area contributed by atoms with Gasteiger partial charge in [-0.1, -0.05) is 45.9 Å². The van der Waals surface area contributed by atoms with Crippen LogP contribution in [0.1, 0.15) is 65.5 Å². The van der Waals surface area contributed by atoms with Crippen LogP contribution < -0.4 is 15.2 Å². The molecule has 3 heteroatoms. The van der Waals surface area contributed by atoms with Crippen molar-refractivity contribution in [3.8, 4) is 16.9 Å². The fourth-order valence-corrected chi connectivity index (χ4v) is 3.31. The maximum atomic E-state index is 5.88. The highest BCUT2D eigenvalue weighted by molar-refractivity contribution is 5.73. The summed E-state index contributed by atoms with van der Waals surface area (Å²) in [5.74, 6) is 1.43. The van der Waals surface area contributed by atoms with Gasteiger partial charge in [-0.25, -0.2) is 5.43 Å². The first-order chi connectivity index (χ1) is 13.3. The highest BCUT2D eigenvalue weighted by atomic mass is 16.5. The smallest absolute Gasteiger partial charge is 0.122 e. The molecule has 1 N–H and O–H groups in total. The second-order valence-electron chi connectivity index (χ2n) is 7.70. The molecule has 0 spiro atoms. The molecule has 1 heterocycles. The summed E-state index contributed by atoms with van der Waals surface area (Å²) in [6.45, 7) is 16.9. The van der Waals surface area contributed by atoms with Crippen molar-refractivity contribution in [2.24, 2.45) is 0 Å². The van der Waals surface area contributed by atoms with Crippen molar-refractivity contribution in [1.82, 2.24) is 5.43 Å². The van der Waals surface area contributed by atoms with E-state index in [0.29, 0.717) is 12.0 Å². The van der Waals surface area contributed by atoms with Gasteiger partial charge >= 0.3 is 0 Å². The quantitative estimate of drug-likeness (QED) is 0.615. The molecule has 152 valence electrons. The maximum absolute atomic E-state index is 5.88. The van der Waals surface area contributed by atoms with Gasteiger partial charge in [0.2, 0.25) is 0 Å². The Hall–Kier alpha value is -2.26. The Kier molecular flexibility index (Phi) is 7.70. The summed E-state index contributed by atoms with van der Waals surface area (Å²) in [5, 5.41) is 2.15. The Bertz CT molecular complexity index is 808. The van der Waals surface area contributed by atoms with Gasteiger partial charge in [0, 0.05) is 12.2 Å². The van der Waals surface area contributed by atoms with E-state index in [2.05, 4.69) is 101 Å². The second-order valence-corrected chi connectivity index (χ2v) is 7.70. The van der Waals surface area contributed by atoms with Gasteiger partial charge in [-0.2, -0.15) is 0 Å². The topological polar surface area (TPSA) is 24.5 Å². The molecule has 0 saturated carbocycles.